The van der Waals surface area contributed by atoms with E-state index in [0.717, 1.165) is 12.1 Å². The number of nitrogens with zero attached hydrogens (tertiary/aromatic N) is 1. The van der Waals surface area contributed by atoms with Crippen LogP contribution in [0.2, 0.25) is 0 Å². The van der Waals surface area contributed by atoms with Gasteiger partial charge >= 0.3 is 0 Å². The van der Waals surface area contributed by atoms with E-state index in [-0.39, 0.29) is 12.6 Å². The molecule has 4 heteroatoms. The van der Waals surface area contributed by atoms with Gasteiger partial charge in [0.15, 0.2) is 0 Å². The summed E-state index contributed by atoms with van der Waals surface area (Å²) in [4.78, 5) is 2.51. The van der Waals surface area contributed by atoms with Gasteiger partial charge in [-0.25, -0.2) is 0 Å². The Morgan fingerprint density at radius 2 is 2.00 bits per heavy atom. The standard InChI is InChI=1S/C12H18N2OS/c1-9(8-15)14(2)7-10-3-5-11(6-4-10)12(13)16/h3-6,9,15H,7-8H2,1-2H3,(H2,13,16). The fourth-order valence-corrected chi connectivity index (χ4v) is 1.49. The summed E-state index contributed by atoms with van der Waals surface area (Å²) in [6.07, 6.45) is 0. The zero-order valence-corrected chi connectivity index (χ0v) is 10.5. The molecule has 1 atom stereocenters. The topological polar surface area (TPSA) is 49.5 Å². The monoisotopic (exact) mass is 238 g/mol. The van der Waals surface area contributed by atoms with Crippen LogP contribution in [0.15, 0.2) is 24.3 Å². The van der Waals surface area contributed by atoms with E-state index in [4.69, 9.17) is 23.1 Å². The highest BCUT2D eigenvalue weighted by Gasteiger charge is 2.08. The molecular weight excluding hydrogens is 220 g/mol. The number of aliphatic hydroxyl groups excluding tert-OH is 1. The van der Waals surface area contributed by atoms with Crippen LogP contribution in [0.4, 0.5) is 0 Å². The van der Waals surface area contributed by atoms with E-state index in [0.29, 0.717) is 4.99 Å². The van der Waals surface area contributed by atoms with Gasteiger partial charge < -0.3 is 10.8 Å². The van der Waals surface area contributed by atoms with Crippen LogP contribution in [0.5, 0.6) is 0 Å². The van der Waals surface area contributed by atoms with Crippen LogP contribution in [0.25, 0.3) is 0 Å². The van der Waals surface area contributed by atoms with Gasteiger partial charge in [-0.05, 0) is 19.5 Å². The van der Waals surface area contributed by atoms with Crippen molar-refractivity contribution >= 4 is 17.2 Å². The van der Waals surface area contributed by atoms with E-state index in [1.54, 1.807) is 0 Å². The van der Waals surface area contributed by atoms with E-state index in [1.165, 1.54) is 5.56 Å². The molecule has 0 bridgehead atoms. The molecule has 0 aromatic heterocycles. The van der Waals surface area contributed by atoms with E-state index in [1.807, 2.05) is 38.2 Å². The van der Waals surface area contributed by atoms with E-state index >= 15 is 0 Å². The Hall–Kier alpha value is -0.970. The highest BCUT2D eigenvalue weighted by molar-refractivity contribution is 7.80. The summed E-state index contributed by atoms with van der Waals surface area (Å²) >= 11 is 4.89. The lowest BCUT2D eigenvalue weighted by molar-refractivity contribution is 0.154. The maximum absolute atomic E-state index is 9.02. The van der Waals surface area contributed by atoms with Gasteiger partial charge in [-0.1, -0.05) is 36.5 Å². The van der Waals surface area contributed by atoms with Gasteiger partial charge in [-0.15, -0.1) is 0 Å². The molecule has 0 amide bonds. The van der Waals surface area contributed by atoms with E-state index in [2.05, 4.69) is 4.90 Å². The summed E-state index contributed by atoms with van der Waals surface area (Å²) in [6, 6.07) is 8.03. The van der Waals surface area contributed by atoms with Crippen LogP contribution < -0.4 is 5.73 Å². The van der Waals surface area contributed by atoms with E-state index < -0.39 is 0 Å². The second-order valence-electron chi connectivity index (χ2n) is 4.01. The molecule has 0 spiro atoms. The molecule has 0 aliphatic carbocycles. The molecule has 3 nitrogen and oxygen atoms in total. The number of hydrogen-bond donors (Lipinski definition) is 2. The second-order valence-corrected chi connectivity index (χ2v) is 4.45. The smallest absolute Gasteiger partial charge is 0.103 e. The third-order valence-electron chi connectivity index (χ3n) is 2.69. The maximum Gasteiger partial charge on any atom is 0.103 e. The van der Waals surface area contributed by atoms with Crippen molar-refractivity contribution in [2.75, 3.05) is 13.7 Å². The predicted molar refractivity (Wildman–Crippen MR) is 70.3 cm³/mol. The summed E-state index contributed by atoms with van der Waals surface area (Å²) in [5.41, 5.74) is 7.59. The lowest BCUT2D eigenvalue weighted by Crippen LogP contribution is -2.31. The molecule has 1 aromatic rings. The fourth-order valence-electron chi connectivity index (χ4n) is 1.36. The third-order valence-corrected chi connectivity index (χ3v) is 2.92. The average Bonchev–Trinajstić information content (AvgIpc) is 2.28. The molecule has 16 heavy (non-hydrogen) atoms. The Kier molecular flexibility index (Phi) is 4.86. The quantitative estimate of drug-likeness (QED) is 0.755. The summed E-state index contributed by atoms with van der Waals surface area (Å²) in [5.74, 6) is 0. The lowest BCUT2D eigenvalue weighted by Gasteiger charge is -2.22. The highest BCUT2D eigenvalue weighted by Crippen LogP contribution is 2.08. The minimum absolute atomic E-state index is 0.162. The Morgan fingerprint density at radius 1 is 1.44 bits per heavy atom. The van der Waals surface area contributed by atoms with Crippen molar-refractivity contribution in [1.82, 2.24) is 4.90 Å². The number of aliphatic hydroxyl groups is 1. The summed E-state index contributed by atoms with van der Waals surface area (Å²) in [6.45, 7) is 2.96. The van der Waals surface area contributed by atoms with Crippen molar-refractivity contribution in [1.29, 1.82) is 0 Å². The fraction of sp³-hybridized carbons (Fsp3) is 0.417. The van der Waals surface area contributed by atoms with Crippen molar-refractivity contribution in [3.05, 3.63) is 35.4 Å². The average molecular weight is 238 g/mol. The molecule has 0 saturated carbocycles. The molecule has 1 aromatic carbocycles. The van der Waals surface area contributed by atoms with Crippen molar-refractivity contribution < 1.29 is 5.11 Å². The first-order valence-corrected chi connectivity index (χ1v) is 5.65. The van der Waals surface area contributed by atoms with Gasteiger partial charge in [0.25, 0.3) is 0 Å². The van der Waals surface area contributed by atoms with Crippen LogP contribution in [0.1, 0.15) is 18.1 Å². The zero-order valence-electron chi connectivity index (χ0n) is 9.68. The van der Waals surface area contributed by atoms with Crippen LogP contribution in [0, 0.1) is 0 Å². The zero-order chi connectivity index (χ0) is 12.1. The van der Waals surface area contributed by atoms with Gasteiger partial charge in [-0.2, -0.15) is 0 Å². The molecule has 0 radical (unpaired) electrons. The predicted octanol–water partition coefficient (Wildman–Crippen LogP) is 1.13. The number of likely N-dealkylation sites (N-methyl/N-ethyl adjacent to an activating group) is 1. The molecule has 1 rings (SSSR count). The van der Waals surface area contributed by atoms with Gasteiger partial charge in [-0.3, -0.25) is 4.90 Å². The number of rotatable bonds is 5. The Bertz CT molecular complexity index is 351. The summed E-state index contributed by atoms with van der Waals surface area (Å²) in [5, 5.41) is 9.02. The SMILES string of the molecule is CC(CO)N(C)Cc1ccc(C(N)=S)cc1. The molecule has 0 saturated heterocycles. The first kappa shape index (κ1) is 13.1. The molecule has 0 aliphatic rings. The van der Waals surface area contributed by atoms with Gasteiger partial charge in [0, 0.05) is 18.2 Å². The molecule has 1 unspecified atom stereocenters. The molecule has 0 aliphatic heterocycles. The van der Waals surface area contributed by atoms with Crippen molar-refractivity contribution in [3.63, 3.8) is 0 Å². The maximum atomic E-state index is 9.02. The van der Waals surface area contributed by atoms with Crippen molar-refractivity contribution in [2.24, 2.45) is 5.73 Å². The first-order valence-electron chi connectivity index (χ1n) is 5.24. The normalized spacial score (nSPS) is 12.8. The van der Waals surface area contributed by atoms with Gasteiger partial charge in [0.1, 0.15) is 4.99 Å². The van der Waals surface area contributed by atoms with Crippen molar-refractivity contribution in [2.45, 2.75) is 19.5 Å². The van der Waals surface area contributed by atoms with Crippen molar-refractivity contribution in [3.8, 4) is 0 Å². The first-order chi connectivity index (χ1) is 7.54. The summed E-state index contributed by atoms with van der Waals surface area (Å²) < 4.78 is 0. The van der Waals surface area contributed by atoms with Crippen LogP contribution in [-0.4, -0.2) is 34.7 Å². The lowest BCUT2D eigenvalue weighted by atomic mass is 10.1. The molecule has 0 heterocycles. The van der Waals surface area contributed by atoms with Gasteiger partial charge in [0.2, 0.25) is 0 Å². The Balaban J connectivity index is 2.65. The summed E-state index contributed by atoms with van der Waals surface area (Å²) in [7, 11) is 1.99. The Morgan fingerprint density at radius 3 is 2.44 bits per heavy atom. The van der Waals surface area contributed by atoms with Crippen LogP contribution >= 0.6 is 12.2 Å². The second kappa shape index (κ2) is 5.94. The Labute approximate surface area is 102 Å². The minimum atomic E-state index is 0.162. The number of thiocarbonyl (C=S) groups is 1. The van der Waals surface area contributed by atoms with Gasteiger partial charge in [0.05, 0.1) is 6.61 Å². The number of hydrogen-bond acceptors (Lipinski definition) is 3. The van der Waals surface area contributed by atoms with Crippen LogP contribution in [-0.2, 0) is 6.54 Å². The molecule has 3 N–H and O–H groups in total. The number of nitrogens with two attached hydrogens (primary N) is 1. The van der Waals surface area contributed by atoms with E-state index in [9.17, 15) is 0 Å². The van der Waals surface area contributed by atoms with Crippen LogP contribution in [0.3, 0.4) is 0 Å². The minimum Gasteiger partial charge on any atom is -0.395 e. The molecule has 0 fully saturated rings. The number of benzene rings is 1. The molecular formula is C12H18N2OS. The largest absolute Gasteiger partial charge is 0.395 e. The highest BCUT2D eigenvalue weighted by atomic mass is 32.1. The molecule has 88 valence electrons. The third kappa shape index (κ3) is 3.56.